The molecule has 1 aliphatic carbocycles. The lowest BCUT2D eigenvalue weighted by Crippen LogP contribution is -2.25. The van der Waals surface area contributed by atoms with Crippen molar-refractivity contribution in [3.05, 3.63) is 34.0 Å². The zero-order valence-corrected chi connectivity index (χ0v) is 12.0. The molecule has 0 amide bonds. The van der Waals surface area contributed by atoms with E-state index in [0.29, 0.717) is 23.2 Å². The molecule has 6 nitrogen and oxygen atoms in total. The Morgan fingerprint density at radius 1 is 1.40 bits per heavy atom. The second-order valence-corrected chi connectivity index (χ2v) is 5.42. The molecule has 0 radical (unpaired) electrons. The van der Waals surface area contributed by atoms with E-state index >= 15 is 0 Å². The molecule has 0 aromatic carbocycles. The number of nitrogens with one attached hydrogen (secondary N) is 1. The van der Waals surface area contributed by atoms with Crippen LogP contribution < -0.4 is 10.9 Å². The van der Waals surface area contributed by atoms with E-state index in [4.69, 9.17) is 11.6 Å². The zero-order valence-electron chi connectivity index (χ0n) is 11.2. The molecule has 0 aliphatic heterocycles. The van der Waals surface area contributed by atoms with Crippen LogP contribution in [0.4, 0.5) is 11.4 Å². The average molecular weight is 294 g/mol. The van der Waals surface area contributed by atoms with Gasteiger partial charge in [-0.05, 0) is 25.7 Å². The van der Waals surface area contributed by atoms with Crippen LogP contribution in [0.15, 0.2) is 23.4 Å². The van der Waals surface area contributed by atoms with Gasteiger partial charge in [-0.15, -0.1) is 0 Å². The third-order valence-corrected chi connectivity index (χ3v) is 3.64. The molecule has 106 valence electrons. The van der Waals surface area contributed by atoms with Gasteiger partial charge in [-0.3, -0.25) is 9.48 Å². The molecule has 1 aliphatic rings. The van der Waals surface area contributed by atoms with Gasteiger partial charge in [-0.25, -0.2) is 4.68 Å². The van der Waals surface area contributed by atoms with Crippen molar-refractivity contribution in [2.45, 2.75) is 32.9 Å². The quantitative estimate of drug-likeness (QED) is 0.918. The van der Waals surface area contributed by atoms with E-state index in [2.05, 4.69) is 15.5 Å². The van der Waals surface area contributed by atoms with Crippen molar-refractivity contribution in [2.24, 2.45) is 5.92 Å². The first kappa shape index (κ1) is 13.2. The minimum atomic E-state index is -0.186. The number of aromatic nitrogens is 4. The van der Waals surface area contributed by atoms with Gasteiger partial charge in [-0.1, -0.05) is 11.6 Å². The van der Waals surface area contributed by atoms with Gasteiger partial charge in [0.25, 0.3) is 5.56 Å². The van der Waals surface area contributed by atoms with Gasteiger partial charge in [-0.2, -0.15) is 10.2 Å². The average Bonchev–Trinajstić information content (AvgIpc) is 3.14. The van der Waals surface area contributed by atoms with Gasteiger partial charge in [0, 0.05) is 19.3 Å². The van der Waals surface area contributed by atoms with Gasteiger partial charge in [0.2, 0.25) is 0 Å². The number of hydrogen-bond donors (Lipinski definition) is 1. The smallest absolute Gasteiger partial charge is 0.291 e. The predicted octanol–water partition coefficient (Wildman–Crippen LogP) is 2.27. The Bertz CT molecular complexity index is 674. The van der Waals surface area contributed by atoms with Crippen LogP contribution in [-0.2, 0) is 13.1 Å². The van der Waals surface area contributed by atoms with Crippen LogP contribution in [0.5, 0.6) is 0 Å². The SMILES string of the molecule is CCn1cc(Nc2c(Cl)cnn(CC3CC3)c2=O)cn1. The number of hydrogen-bond acceptors (Lipinski definition) is 4. The van der Waals surface area contributed by atoms with Crippen LogP contribution in [0.25, 0.3) is 0 Å². The fourth-order valence-electron chi connectivity index (χ4n) is 2.00. The van der Waals surface area contributed by atoms with Crippen LogP contribution in [0.1, 0.15) is 19.8 Å². The third kappa shape index (κ3) is 2.70. The highest BCUT2D eigenvalue weighted by Crippen LogP contribution is 2.30. The van der Waals surface area contributed by atoms with Crippen molar-refractivity contribution in [3.8, 4) is 0 Å². The summed E-state index contributed by atoms with van der Waals surface area (Å²) in [6.07, 6.45) is 7.36. The summed E-state index contributed by atoms with van der Waals surface area (Å²) in [5.74, 6) is 0.581. The molecule has 1 fully saturated rings. The van der Waals surface area contributed by atoms with E-state index in [9.17, 15) is 4.79 Å². The van der Waals surface area contributed by atoms with Crippen LogP contribution in [-0.4, -0.2) is 19.6 Å². The standard InChI is InChI=1S/C13H16ClN5O/c1-2-18-8-10(5-15-18)17-12-11(14)6-16-19(13(12)20)7-9-3-4-9/h5-6,8-9,17H,2-4,7H2,1H3. The first-order chi connectivity index (χ1) is 9.67. The molecule has 2 aromatic heterocycles. The van der Waals surface area contributed by atoms with E-state index in [1.807, 2.05) is 13.1 Å². The summed E-state index contributed by atoms with van der Waals surface area (Å²) < 4.78 is 3.26. The highest BCUT2D eigenvalue weighted by atomic mass is 35.5. The number of anilines is 2. The Balaban J connectivity index is 1.88. The van der Waals surface area contributed by atoms with E-state index < -0.39 is 0 Å². The second-order valence-electron chi connectivity index (χ2n) is 5.01. The molecule has 0 unspecified atom stereocenters. The molecule has 2 heterocycles. The van der Waals surface area contributed by atoms with Gasteiger partial charge >= 0.3 is 0 Å². The van der Waals surface area contributed by atoms with Crippen molar-refractivity contribution in [2.75, 3.05) is 5.32 Å². The summed E-state index contributed by atoms with van der Waals surface area (Å²) in [7, 11) is 0. The summed E-state index contributed by atoms with van der Waals surface area (Å²) in [6.45, 7) is 3.44. The lowest BCUT2D eigenvalue weighted by atomic mass is 10.4. The van der Waals surface area contributed by atoms with Crippen LogP contribution in [0, 0.1) is 5.92 Å². The van der Waals surface area contributed by atoms with Gasteiger partial charge < -0.3 is 5.32 Å². The maximum atomic E-state index is 12.4. The lowest BCUT2D eigenvalue weighted by Gasteiger charge is -2.09. The van der Waals surface area contributed by atoms with E-state index in [-0.39, 0.29) is 5.56 Å². The van der Waals surface area contributed by atoms with Crippen molar-refractivity contribution in [1.82, 2.24) is 19.6 Å². The minimum Gasteiger partial charge on any atom is -0.347 e. The Morgan fingerprint density at radius 3 is 2.85 bits per heavy atom. The largest absolute Gasteiger partial charge is 0.347 e. The molecule has 0 spiro atoms. The van der Waals surface area contributed by atoms with Crippen molar-refractivity contribution in [1.29, 1.82) is 0 Å². The van der Waals surface area contributed by atoms with Gasteiger partial charge in [0.05, 0.1) is 23.1 Å². The molecule has 0 bridgehead atoms. The van der Waals surface area contributed by atoms with Crippen molar-refractivity contribution < 1.29 is 0 Å². The Labute approximate surface area is 121 Å². The zero-order chi connectivity index (χ0) is 14.1. The molecule has 3 rings (SSSR count). The monoisotopic (exact) mass is 293 g/mol. The Kier molecular flexibility index (Phi) is 3.48. The summed E-state index contributed by atoms with van der Waals surface area (Å²) in [5, 5.41) is 11.6. The molecule has 20 heavy (non-hydrogen) atoms. The van der Waals surface area contributed by atoms with Crippen molar-refractivity contribution >= 4 is 23.0 Å². The Morgan fingerprint density at radius 2 is 2.20 bits per heavy atom. The summed E-state index contributed by atoms with van der Waals surface area (Å²) in [5.41, 5.74) is 0.918. The first-order valence-corrected chi connectivity index (χ1v) is 7.10. The lowest BCUT2D eigenvalue weighted by molar-refractivity contribution is 0.535. The molecule has 0 atom stereocenters. The molecular formula is C13H16ClN5O. The molecule has 1 saturated carbocycles. The van der Waals surface area contributed by atoms with E-state index in [0.717, 1.165) is 12.2 Å². The maximum Gasteiger partial charge on any atom is 0.291 e. The van der Waals surface area contributed by atoms with Crippen molar-refractivity contribution in [3.63, 3.8) is 0 Å². The molecule has 0 saturated heterocycles. The number of rotatable bonds is 5. The highest BCUT2D eigenvalue weighted by molar-refractivity contribution is 6.33. The van der Waals surface area contributed by atoms with Gasteiger partial charge in [0.15, 0.2) is 0 Å². The molecule has 7 heteroatoms. The Hall–Kier alpha value is -1.82. The summed E-state index contributed by atoms with van der Waals surface area (Å²) in [4.78, 5) is 12.4. The third-order valence-electron chi connectivity index (χ3n) is 3.35. The molecule has 1 N–H and O–H groups in total. The first-order valence-electron chi connectivity index (χ1n) is 6.72. The second kappa shape index (κ2) is 5.28. The highest BCUT2D eigenvalue weighted by Gasteiger charge is 2.23. The minimum absolute atomic E-state index is 0.186. The number of nitrogens with zero attached hydrogens (tertiary/aromatic N) is 4. The number of aryl methyl sites for hydroxylation is 1. The normalized spacial score (nSPS) is 14.5. The predicted molar refractivity (Wildman–Crippen MR) is 77.4 cm³/mol. The van der Waals surface area contributed by atoms with E-state index in [1.54, 1.807) is 10.9 Å². The van der Waals surface area contributed by atoms with E-state index in [1.165, 1.54) is 23.7 Å². The van der Waals surface area contributed by atoms with Crippen LogP contribution in [0.3, 0.4) is 0 Å². The maximum absolute atomic E-state index is 12.4. The summed E-state index contributed by atoms with van der Waals surface area (Å²) >= 11 is 6.08. The van der Waals surface area contributed by atoms with Crippen LogP contribution in [0.2, 0.25) is 5.02 Å². The fourth-order valence-corrected chi connectivity index (χ4v) is 2.17. The fraction of sp³-hybridized carbons (Fsp3) is 0.462. The topological polar surface area (TPSA) is 64.7 Å². The molecular weight excluding hydrogens is 278 g/mol. The molecule has 2 aromatic rings. The number of halogens is 1. The van der Waals surface area contributed by atoms with Gasteiger partial charge in [0.1, 0.15) is 5.69 Å². The summed E-state index contributed by atoms with van der Waals surface area (Å²) in [6, 6.07) is 0. The van der Waals surface area contributed by atoms with Crippen LogP contribution >= 0.6 is 11.6 Å².